The van der Waals surface area contributed by atoms with Crippen molar-refractivity contribution in [2.24, 2.45) is 0 Å². The van der Waals surface area contributed by atoms with Gasteiger partial charge in [-0.25, -0.2) is 9.59 Å². The predicted octanol–water partition coefficient (Wildman–Crippen LogP) is 4.06. The van der Waals surface area contributed by atoms with Crippen LogP contribution in [0.15, 0.2) is 61.2 Å². The molecule has 1 aliphatic carbocycles. The van der Waals surface area contributed by atoms with Crippen LogP contribution in [0.1, 0.15) is 29.9 Å². The van der Waals surface area contributed by atoms with E-state index in [-0.39, 0.29) is 25.7 Å². The molecule has 1 saturated heterocycles. The van der Waals surface area contributed by atoms with Crippen LogP contribution in [0.25, 0.3) is 11.1 Å². The standard InChI is InChI=1S/C24H25NO5/c1-2-14-29-16-24(22(26)27)12-7-13-25(24)23(28)30-15-21-19-10-5-3-8-17(19)18-9-4-6-11-20(18)21/h2-6,8-11,21H,1,7,12-16H2,(H,26,27)/t24-/m1/s1. The summed E-state index contributed by atoms with van der Waals surface area (Å²) in [5, 5.41) is 9.87. The van der Waals surface area contributed by atoms with Gasteiger partial charge in [0.2, 0.25) is 0 Å². The third-order valence-electron chi connectivity index (χ3n) is 6.02. The summed E-state index contributed by atoms with van der Waals surface area (Å²) < 4.78 is 11.1. The number of carboxylic acid groups (broad SMARTS) is 1. The molecular weight excluding hydrogens is 382 g/mol. The molecule has 1 N–H and O–H groups in total. The van der Waals surface area contributed by atoms with Gasteiger partial charge >= 0.3 is 12.1 Å². The van der Waals surface area contributed by atoms with Crippen molar-refractivity contribution in [1.82, 2.24) is 4.90 Å². The Bertz CT molecular complexity index is 926. The first kappa shape index (κ1) is 20.2. The molecule has 1 heterocycles. The molecule has 4 rings (SSSR count). The Kier molecular flexibility index (Phi) is 5.59. The summed E-state index contributed by atoms with van der Waals surface area (Å²) in [5.74, 6) is -1.14. The monoisotopic (exact) mass is 407 g/mol. The minimum Gasteiger partial charge on any atom is -0.479 e. The van der Waals surface area contributed by atoms with E-state index in [0.29, 0.717) is 19.4 Å². The highest BCUT2D eigenvalue weighted by Gasteiger charge is 2.51. The number of amides is 1. The van der Waals surface area contributed by atoms with E-state index < -0.39 is 17.6 Å². The second-order valence-corrected chi connectivity index (χ2v) is 7.70. The molecular formula is C24H25NO5. The highest BCUT2D eigenvalue weighted by atomic mass is 16.6. The normalized spacial score (nSPS) is 19.9. The first-order valence-electron chi connectivity index (χ1n) is 10.1. The van der Waals surface area contributed by atoms with Crippen molar-refractivity contribution in [3.8, 4) is 11.1 Å². The Morgan fingerprint density at radius 2 is 1.77 bits per heavy atom. The first-order chi connectivity index (χ1) is 14.6. The number of fused-ring (bicyclic) bond motifs is 3. The number of carbonyl (C=O) groups excluding carboxylic acids is 1. The summed E-state index contributed by atoms with van der Waals surface area (Å²) in [6.45, 7) is 4.22. The van der Waals surface area contributed by atoms with Crippen LogP contribution in [-0.4, -0.2) is 54.0 Å². The van der Waals surface area contributed by atoms with Crippen molar-refractivity contribution in [3.63, 3.8) is 0 Å². The van der Waals surface area contributed by atoms with E-state index in [4.69, 9.17) is 9.47 Å². The lowest BCUT2D eigenvalue weighted by Crippen LogP contribution is -2.56. The van der Waals surface area contributed by atoms with E-state index in [0.717, 1.165) is 22.3 Å². The number of rotatable bonds is 7. The number of benzene rings is 2. The molecule has 2 aromatic carbocycles. The molecule has 0 saturated carbocycles. The second kappa shape index (κ2) is 8.32. The van der Waals surface area contributed by atoms with Crippen LogP contribution in [0.4, 0.5) is 4.79 Å². The zero-order valence-electron chi connectivity index (χ0n) is 16.8. The molecule has 6 nitrogen and oxygen atoms in total. The third-order valence-corrected chi connectivity index (χ3v) is 6.02. The predicted molar refractivity (Wildman–Crippen MR) is 112 cm³/mol. The Morgan fingerprint density at radius 3 is 2.37 bits per heavy atom. The molecule has 1 amide bonds. The smallest absolute Gasteiger partial charge is 0.410 e. The van der Waals surface area contributed by atoms with Gasteiger partial charge in [0, 0.05) is 12.5 Å². The van der Waals surface area contributed by atoms with Crippen molar-refractivity contribution in [1.29, 1.82) is 0 Å². The quantitative estimate of drug-likeness (QED) is 0.553. The minimum absolute atomic E-state index is 0.0693. The number of ether oxygens (including phenoxy) is 2. The average molecular weight is 407 g/mol. The fraction of sp³-hybridized carbons (Fsp3) is 0.333. The van der Waals surface area contributed by atoms with Gasteiger partial charge in [0.25, 0.3) is 0 Å². The van der Waals surface area contributed by atoms with Gasteiger partial charge in [-0.2, -0.15) is 0 Å². The van der Waals surface area contributed by atoms with Crippen LogP contribution in [0, 0.1) is 0 Å². The summed E-state index contributed by atoms with van der Waals surface area (Å²) >= 11 is 0. The fourth-order valence-electron chi connectivity index (χ4n) is 4.56. The number of aliphatic carboxylic acids is 1. The zero-order chi connectivity index (χ0) is 21.1. The molecule has 0 bridgehead atoms. The number of nitrogens with zero attached hydrogens (tertiary/aromatic N) is 1. The molecule has 2 aromatic rings. The maximum Gasteiger partial charge on any atom is 0.410 e. The largest absolute Gasteiger partial charge is 0.479 e. The molecule has 1 fully saturated rings. The van der Waals surface area contributed by atoms with Gasteiger partial charge in [-0.05, 0) is 35.1 Å². The number of hydrogen-bond donors (Lipinski definition) is 1. The molecule has 1 aliphatic heterocycles. The number of likely N-dealkylation sites (tertiary alicyclic amines) is 1. The van der Waals surface area contributed by atoms with Gasteiger partial charge in [0.1, 0.15) is 6.61 Å². The highest BCUT2D eigenvalue weighted by Crippen LogP contribution is 2.44. The van der Waals surface area contributed by atoms with Gasteiger partial charge in [-0.15, -0.1) is 6.58 Å². The lowest BCUT2D eigenvalue weighted by atomic mass is 9.97. The molecule has 1 atom stereocenters. The molecule has 0 unspecified atom stereocenters. The molecule has 0 spiro atoms. The summed E-state index contributed by atoms with van der Waals surface area (Å²) in [4.78, 5) is 26.3. The molecule has 0 aromatic heterocycles. The van der Waals surface area contributed by atoms with E-state index in [1.807, 2.05) is 36.4 Å². The Labute approximate surface area is 175 Å². The van der Waals surface area contributed by atoms with E-state index in [9.17, 15) is 14.7 Å². The number of hydrogen-bond acceptors (Lipinski definition) is 4. The summed E-state index contributed by atoms with van der Waals surface area (Å²) in [6.07, 6.45) is 1.87. The van der Waals surface area contributed by atoms with Gasteiger partial charge in [-0.3, -0.25) is 4.90 Å². The molecule has 30 heavy (non-hydrogen) atoms. The summed E-state index contributed by atoms with van der Waals surface area (Å²) in [6, 6.07) is 16.2. The van der Waals surface area contributed by atoms with Gasteiger partial charge in [-0.1, -0.05) is 54.6 Å². The molecule has 2 aliphatic rings. The van der Waals surface area contributed by atoms with Crippen LogP contribution < -0.4 is 0 Å². The minimum atomic E-state index is -1.40. The van der Waals surface area contributed by atoms with Crippen LogP contribution in [0.3, 0.4) is 0 Å². The topological polar surface area (TPSA) is 76.1 Å². The number of carbonyl (C=O) groups is 2. The Hall–Kier alpha value is -3.12. The SMILES string of the molecule is C=CCOC[C@@]1(C(=O)O)CCCN1C(=O)OCC1c2ccccc2-c2ccccc21. The Balaban J connectivity index is 1.52. The highest BCUT2D eigenvalue weighted by molar-refractivity contribution is 5.85. The summed E-state index contributed by atoms with van der Waals surface area (Å²) in [7, 11) is 0. The van der Waals surface area contributed by atoms with Gasteiger partial charge in [0.05, 0.1) is 13.2 Å². The zero-order valence-corrected chi connectivity index (χ0v) is 16.8. The van der Waals surface area contributed by atoms with Gasteiger partial charge < -0.3 is 14.6 Å². The third kappa shape index (κ3) is 3.37. The first-order valence-corrected chi connectivity index (χ1v) is 10.1. The Morgan fingerprint density at radius 1 is 1.13 bits per heavy atom. The van der Waals surface area contributed by atoms with Crippen LogP contribution >= 0.6 is 0 Å². The van der Waals surface area contributed by atoms with E-state index in [2.05, 4.69) is 18.7 Å². The average Bonchev–Trinajstić information content (AvgIpc) is 3.33. The number of carboxylic acids is 1. The van der Waals surface area contributed by atoms with Crippen molar-refractivity contribution in [3.05, 3.63) is 72.3 Å². The maximum atomic E-state index is 12.9. The maximum absolute atomic E-state index is 12.9. The van der Waals surface area contributed by atoms with E-state index in [1.165, 1.54) is 4.90 Å². The second-order valence-electron chi connectivity index (χ2n) is 7.70. The van der Waals surface area contributed by atoms with Crippen molar-refractivity contribution >= 4 is 12.1 Å². The van der Waals surface area contributed by atoms with Crippen molar-refractivity contribution in [2.45, 2.75) is 24.3 Å². The van der Waals surface area contributed by atoms with Crippen molar-refractivity contribution < 1.29 is 24.2 Å². The van der Waals surface area contributed by atoms with Gasteiger partial charge in [0.15, 0.2) is 5.54 Å². The fourth-order valence-corrected chi connectivity index (χ4v) is 4.56. The van der Waals surface area contributed by atoms with E-state index in [1.54, 1.807) is 6.08 Å². The van der Waals surface area contributed by atoms with E-state index >= 15 is 0 Å². The molecule has 6 heteroatoms. The molecule has 0 radical (unpaired) electrons. The summed E-state index contributed by atoms with van der Waals surface area (Å²) in [5.41, 5.74) is 3.13. The lowest BCUT2D eigenvalue weighted by molar-refractivity contribution is -0.152. The van der Waals surface area contributed by atoms with Crippen LogP contribution in [0.5, 0.6) is 0 Å². The van der Waals surface area contributed by atoms with Crippen LogP contribution in [0.2, 0.25) is 0 Å². The lowest BCUT2D eigenvalue weighted by Gasteiger charge is -2.33. The molecule has 156 valence electrons. The van der Waals surface area contributed by atoms with Crippen molar-refractivity contribution in [2.75, 3.05) is 26.4 Å². The van der Waals surface area contributed by atoms with Crippen LogP contribution in [-0.2, 0) is 14.3 Å².